The van der Waals surface area contributed by atoms with E-state index in [0.717, 1.165) is 69.2 Å². The summed E-state index contributed by atoms with van der Waals surface area (Å²) in [5.41, 5.74) is 3.45. The SMILES string of the molecule is c1ccn2c(C3CCCN(c4ncnc5c4CCNCC5)C3)nnc2c1. The minimum atomic E-state index is 0.371. The molecule has 7 heteroatoms. The number of piperidine rings is 1. The van der Waals surface area contributed by atoms with Gasteiger partial charge in [-0.3, -0.25) is 4.40 Å². The third-order valence-corrected chi connectivity index (χ3v) is 5.53. The summed E-state index contributed by atoms with van der Waals surface area (Å²) in [7, 11) is 0. The molecule has 134 valence electrons. The first kappa shape index (κ1) is 15.7. The average Bonchev–Trinajstić information content (AvgIpc) is 2.97. The Morgan fingerprint density at radius 2 is 2.04 bits per heavy atom. The van der Waals surface area contributed by atoms with E-state index in [2.05, 4.69) is 41.0 Å². The van der Waals surface area contributed by atoms with Crippen molar-refractivity contribution in [3.8, 4) is 0 Å². The van der Waals surface area contributed by atoms with Crippen molar-refractivity contribution in [2.24, 2.45) is 0 Å². The fourth-order valence-corrected chi connectivity index (χ4v) is 4.25. The van der Waals surface area contributed by atoms with Gasteiger partial charge >= 0.3 is 0 Å². The van der Waals surface area contributed by atoms with E-state index in [1.165, 1.54) is 11.3 Å². The molecule has 0 radical (unpaired) electrons. The van der Waals surface area contributed by atoms with Gasteiger partial charge in [-0.25, -0.2) is 9.97 Å². The summed E-state index contributed by atoms with van der Waals surface area (Å²) in [5, 5.41) is 12.3. The lowest BCUT2D eigenvalue weighted by Crippen LogP contribution is -2.36. The molecule has 1 saturated heterocycles. The summed E-state index contributed by atoms with van der Waals surface area (Å²) < 4.78 is 2.12. The Morgan fingerprint density at radius 1 is 1.08 bits per heavy atom. The van der Waals surface area contributed by atoms with Crippen LogP contribution >= 0.6 is 0 Å². The van der Waals surface area contributed by atoms with E-state index in [-0.39, 0.29) is 0 Å². The zero-order chi connectivity index (χ0) is 17.3. The highest BCUT2D eigenvalue weighted by Gasteiger charge is 2.28. The zero-order valence-corrected chi connectivity index (χ0v) is 14.8. The van der Waals surface area contributed by atoms with Crippen molar-refractivity contribution in [3.05, 3.63) is 47.8 Å². The van der Waals surface area contributed by atoms with Gasteiger partial charge < -0.3 is 10.2 Å². The van der Waals surface area contributed by atoms with Crippen molar-refractivity contribution < 1.29 is 0 Å². The molecule has 0 aromatic carbocycles. The van der Waals surface area contributed by atoms with E-state index in [4.69, 9.17) is 0 Å². The Hall–Kier alpha value is -2.54. The molecule has 0 aliphatic carbocycles. The molecule has 26 heavy (non-hydrogen) atoms. The lowest BCUT2D eigenvalue weighted by atomic mass is 9.96. The number of nitrogens with one attached hydrogen (secondary N) is 1. The van der Waals surface area contributed by atoms with Gasteiger partial charge in [0, 0.05) is 43.7 Å². The molecule has 3 aromatic heterocycles. The molecular formula is C19H23N7. The Balaban J connectivity index is 1.47. The van der Waals surface area contributed by atoms with Crippen LogP contribution < -0.4 is 10.2 Å². The fraction of sp³-hybridized carbons (Fsp3) is 0.474. The highest BCUT2D eigenvalue weighted by atomic mass is 15.3. The second kappa shape index (κ2) is 6.64. The fourth-order valence-electron chi connectivity index (χ4n) is 4.25. The molecule has 3 aromatic rings. The van der Waals surface area contributed by atoms with Crippen LogP contribution in [-0.2, 0) is 12.8 Å². The van der Waals surface area contributed by atoms with E-state index in [9.17, 15) is 0 Å². The van der Waals surface area contributed by atoms with Gasteiger partial charge in [-0.15, -0.1) is 10.2 Å². The number of rotatable bonds is 2. The van der Waals surface area contributed by atoms with Gasteiger partial charge in [0.1, 0.15) is 18.0 Å². The van der Waals surface area contributed by atoms with Gasteiger partial charge in [0.2, 0.25) is 0 Å². The quantitative estimate of drug-likeness (QED) is 0.758. The molecule has 1 N–H and O–H groups in total. The molecular weight excluding hydrogens is 326 g/mol. The van der Waals surface area contributed by atoms with Crippen LogP contribution in [0.2, 0.25) is 0 Å². The third kappa shape index (κ3) is 2.72. The Morgan fingerprint density at radius 3 is 3.04 bits per heavy atom. The van der Waals surface area contributed by atoms with Crippen LogP contribution in [0.5, 0.6) is 0 Å². The average molecular weight is 349 g/mol. The highest BCUT2D eigenvalue weighted by Crippen LogP contribution is 2.31. The maximum absolute atomic E-state index is 4.68. The summed E-state index contributed by atoms with van der Waals surface area (Å²) >= 11 is 0. The van der Waals surface area contributed by atoms with Crippen LogP contribution in [0.25, 0.3) is 5.65 Å². The normalized spacial score (nSPS) is 20.8. The van der Waals surface area contributed by atoms with Gasteiger partial charge in [-0.1, -0.05) is 6.07 Å². The first-order valence-electron chi connectivity index (χ1n) is 9.48. The molecule has 7 nitrogen and oxygen atoms in total. The molecule has 5 rings (SSSR count). The molecule has 1 atom stereocenters. The first-order chi connectivity index (χ1) is 12.9. The topological polar surface area (TPSA) is 71.2 Å². The van der Waals surface area contributed by atoms with Gasteiger partial charge in [0.05, 0.1) is 5.69 Å². The molecule has 1 fully saturated rings. The lowest BCUT2D eigenvalue weighted by Gasteiger charge is -2.34. The standard InChI is InChI=1S/C19H23N7/c1-2-11-26-17(5-1)23-24-18(26)14-4-3-10-25(12-14)19-15-6-8-20-9-7-16(15)21-13-22-19/h1-2,5,11,13-14,20H,3-4,6-10,12H2. The van der Waals surface area contributed by atoms with Crippen LogP contribution in [-0.4, -0.2) is 50.7 Å². The Labute approximate surface area is 152 Å². The van der Waals surface area contributed by atoms with Crippen molar-refractivity contribution in [2.45, 2.75) is 31.6 Å². The molecule has 0 amide bonds. The monoisotopic (exact) mass is 349 g/mol. The van der Waals surface area contributed by atoms with Crippen LogP contribution in [0.3, 0.4) is 0 Å². The van der Waals surface area contributed by atoms with E-state index < -0.39 is 0 Å². The summed E-state index contributed by atoms with van der Waals surface area (Å²) in [6, 6.07) is 6.05. The maximum Gasteiger partial charge on any atom is 0.160 e. The van der Waals surface area contributed by atoms with E-state index in [1.807, 2.05) is 18.2 Å². The number of fused-ring (bicyclic) bond motifs is 2. The first-order valence-corrected chi connectivity index (χ1v) is 9.48. The minimum Gasteiger partial charge on any atom is -0.356 e. The Bertz CT molecular complexity index is 919. The van der Waals surface area contributed by atoms with Crippen molar-refractivity contribution in [1.82, 2.24) is 29.9 Å². The van der Waals surface area contributed by atoms with E-state index in [0.29, 0.717) is 5.92 Å². The third-order valence-electron chi connectivity index (χ3n) is 5.53. The largest absolute Gasteiger partial charge is 0.356 e. The summed E-state index contributed by atoms with van der Waals surface area (Å²) in [4.78, 5) is 11.7. The summed E-state index contributed by atoms with van der Waals surface area (Å²) in [6.07, 6.45) is 8.06. The maximum atomic E-state index is 4.68. The number of pyridine rings is 1. The van der Waals surface area contributed by atoms with Crippen molar-refractivity contribution in [2.75, 3.05) is 31.1 Å². The predicted molar refractivity (Wildman–Crippen MR) is 99.5 cm³/mol. The van der Waals surface area contributed by atoms with Crippen LogP contribution in [0.4, 0.5) is 5.82 Å². The van der Waals surface area contributed by atoms with Crippen molar-refractivity contribution in [1.29, 1.82) is 0 Å². The molecule has 2 aliphatic heterocycles. The number of anilines is 1. The van der Waals surface area contributed by atoms with Crippen LogP contribution in [0.1, 0.15) is 35.8 Å². The van der Waals surface area contributed by atoms with Crippen LogP contribution in [0, 0.1) is 0 Å². The minimum absolute atomic E-state index is 0.371. The van der Waals surface area contributed by atoms with Gasteiger partial charge in [-0.2, -0.15) is 0 Å². The van der Waals surface area contributed by atoms with E-state index >= 15 is 0 Å². The van der Waals surface area contributed by atoms with E-state index in [1.54, 1.807) is 6.33 Å². The number of nitrogens with zero attached hydrogens (tertiary/aromatic N) is 6. The van der Waals surface area contributed by atoms with Crippen LogP contribution in [0.15, 0.2) is 30.7 Å². The number of hydrogen-bond acceptors (Lipinski definition) is 6. The molecule has 2 aliphatic rings. The molecule has 0 spiro atoms. The number of hydrogen-bond donors (Lipinski definition) is 1. The molecule has 5 heterocycles. The Kier molecular flexibility index (Phi) is 4.01. The van der Waals surface area contributed by atoms with Gasteiger partial charge in [0.25, 0.3) is 0 Å². The second-order valence-electron chi connectivity index (χ2n) is 7.14. The van der Waals surface area contributed by atoms with Crippen molar-refractivity contribution >= 4 is 11.5 Å². The molecule has 1 unspecified atom stereocenters. The highest BCUT2D eigenvalue weighted by molar-refractivity contribution is 5.50. The number of aromatic nitrogens is 5. The molecule has 0 saturated carbocycles. The zero-order valence-electron chi connectivity index (χ0n) is 14.8. The molecule has 0 bridgehead atoms. The second-order valence-corrected chi connectivity index (χ2v) is 7.14. The van der Waals surface area contributed by atoms with Crippen molar-refractivity contribution in [3.63, 3.8) is 0 Å². The van der Waals surface area contributed by atoms with Gasteiger partial charge in [-0.05, 0) is 37.9 Å². The summed E-state index contributed by atoms with van der Waals surface area (Å²) in [5.74, 6) is 2.56. The smallest absolute Gasteiger partial charge is 0.160 e. The summed E-state index contributed by atoms with van der Waals surface area (Å²) in [6.45, 7) is 3.98. The van der Waals surface area contributed by atoms with Gasteiger partial charge in [0.15, 0.2) is 5.65 Å². The lowest BCUT2D eigenvalue weighted by molar-refractivity contribution is 0.484. The predicted octanol–water partition coefficient (Wildman–Crippen LogP) is 1.59.